The zero-order valence-electron chi connectivity index (χ0n) is 7.45. The number of rotatable bonds is 3. The Hall–Kier alpha value is -0.740. The summed E-state index contributed by atoms with van der Waals surface area (Å²) < 4.78 is 9.30. The normalized spacial score (nSPS) is 19.5. The van der Waals surface area contributed by atoms with Gasteiger partial charge in [0.15, 0.2) is 0 Å². The van der Waals surface area contributed by atoms with Gasteiger partial charge in [-0.1, -0.05) is 0 Å². The molecule has 0 amide bonds. The lowest BCUT2D eigenvalue weighted by atomic mass is 9.76. The number of nitrogens with zero attached hydrogens (tertiary/aromatic N) is 1. The molecule has 1 heterocycles. The van der Waals surface area contributed by atoms with Crippen LogP contribution in [0.25, 0.3) is 0 Å². The van der Waals surface area contributed by atoms with Crippen LogP contribution in [0.5, 0.6) is 0 Å². The lowest BCUT2D eigenvalue weighted by Crippen LogP contribution is -2.47. The zero-order valence-corrected chi connectivity index (χ0v) is 8.26. The SMILES string of the molecule is COC1(C(=O)c2ccsn2)CCC1. The van der Waals surface area contributed by atoms with E-state index in [4.69, 9.17) is 4.74 Å². The smallest absolute Gasteiger partial charge is 0.213 e. The molecule has 0 bridgehead atoms. The third-order valence-corrected chi connectivity index (χ3v) is 3.20. The summed E-state index contributed by atoms with van der Waals surface area (Å²) in [5, 5.41) is 1.81. The summed E-state index contributed by atoms with van der Waals surface area (Å²) in [7, 11) is 1.60. The highest BCUT2D eigenvalue weighted by molar-refractivity contribution is 7.03. The monoisotopic (exact) mass is 197 g/mol. The van der Waals surface area contributed by atoms with Gasteiger partial charge >= 0.3 is 0 Å². The molecule has 3 nitrogen and oxygen atoms in total. The van der Waals surface area contributed by atoms with E-state index >= 15 is 0 Å². The molecule has 0 unspecified atom stereocenters. The zero-order chi connectivity index (χ0) is 9.31. The minimum absolute atomic E-state index is 0.0440. The summed E-state index contributed by atoms with van der Waals surface area (Å²) in [5.74, 6) is 0.0440. The summed E-state index contributed by atoms with van der Waals surface area (Å²) in [6.07, 6.45) is 2.74. The van der Waals surface area contributed by atoms with Gasteiger partial charge in [0, 0.05) is 12.5 Å². The molecule has 0 radical (unpaired) electrons. The summed E-state index contributed by atoms with van der Waals surface area (Å²) >= 11 is 1.30. The maximum Gasteiger partial charge on any atom is 0.213 e. The molecule has 1 aliphatic rings. The van der Waals surface area contributed by atoms with Gasteiger partial charge < -0.3 is 4.74 Å². The molecule has 1 aliphatic carbocycles. The number of methoxy groups -OCH3 is 1. The lowest BCUT2D eigenvalue weighted by Gasteiger charge is -2.38. The van der Waals surface area contributed by atoms with Gasteiger partial charge in [-0.15, -0.1) is 0 Å². The van der Waals surface area contributed by atoms with Crippen LogP contribution in [0, 0.1) is 0 Å². The Morgan fingerprint density at radius 3 is 2.85 bits per heavy atom. The molecule has 0 spiro atoms. The van der Waals surface area contributed by atoms with E-state index in [1.165, 1.54) is 11.5 Å². The van der Waals surface area contributed by atoms with Gasteiger partial charge in [-0.2, -0.15) is 4.37 Å². The average molecular weight is 197 g/mol. The molecule has 1 saturated carbocycles. The highest BCUT2D eigenvalue weighted by Crippen LogP contribution is 2.37. The van der Waals surface area contributed by atoms with Crippen LogP contribution in [0.3, 0.4) is 0 Å². The van der Waals surface area contributed by atoms with Crippen LogP contribution >= 0.6 is 11.5 Å². The Morgan fingerprint density at radius 1 is 1.69 bits per heavy atom. The fourth-order valence-corrected chi connectivity index (χ4v) is 2.09. The summed E-state index contributed by atoms with van der Waals surface area (Å²) in [4.78, 5) is 11.9. The first-order valence-electron chi connectivity index (χ1n) is 4.29. The fraction of sp³-hybridized carbons (Fsp3) is 0.556. The Labute approximate surface area is 80.9 Å². The number of aromatic nitrogens is 1. The van der Waals surface area contributed by atoms with Gasteiger partial charge in [0.2, 0.25) is 5.78 Å². The standard InChI is InChI=1S/C9H11NO2S/c1-12-9(4-2-5-9)8(11)7-3-6-13-10-7/h3,6H,2,4-5H2,1H3. The van der Waals surface area contributed by atoms with Crippen molar-refractivity contribution in [2.75, 3.05) is 7.11 Å². The van der Waals surface area contributed by atoms with Crippen molar-refractivity contribution in [1.82, 2.24) is 4.37 Å². The first-order chi connectivity index (χ1) is 6.28. The Morgan fingerprint density at radius 2 is 2.46 bits per heavy atom. The van der Waals surface area contributed by atoms with Crippen molar-refractivity contribution >= 4 is 17.3 Å². The van der Waals surface area contributed by atoms with Crippen molar-refractivity contribution in [3.63, 3.8) is 0 Å². The molecule has 1 aromatic heterocycles. The van der Waals surface area contributed by atoms with Gasteiger partial charge in [0.25, 0.3) is 0 Å². The number of Topliss-reactive ketones (excluding diaryl/α,β-unsaturated/α-hetero) is 1. The van der Waals surface area contributed by atoms with Crippen LogP contribution in [0.15, 0.2) is 11.4 Å². The first kappa shape index (κ1) is 8.84. The third kappa shape index (κ3) is 1.30. The highest BCUT2D eigenvalue weighted by Gasteiger charge is 2.45. The van der Waals surface area contributed by atoms with E-state index < -0.39 is 5.60 Å². The molecule has 0 atom stereocenters. The minimum atomic E-state index is -0.548. The van der Waals surface area contributed by atoms with Crippen molar-refractivity contribution in [2.45, 2.75) is 24.9 Å². The van der Waals surface area contributed by atoms with Crippen molar-refractivity contribution in [3.8, 4) is 0 Å². The Balaban J connectivity index is 2.21. The van der Waals surface area contributed by atoms with Crippen molar-refractivity contribution in [2.24, 2.45) is 0 Å². The number of carbonyl (C=O) groups excluding carboxylic acids is 1. The fourth-order valence-electron chi connectivity index (χ4n) is 1.58. The van der Waals surface area contributed by atoms with Crippen LogP contribution < -0.4 is 0 Å². The maximum atomic E-state index is 11.9. The molecule has 70 valence electrons. The van der Waals surface area contributed by atoms with Crippen molar-refractivity contribution in [1.29, 1.82) is 0 Å². The molecule has 1 fully saturated rings. The van der Waals surface area contributed by atoms with E-state index in [0.29, 0.717) is 5.69 Å². The number of ether oxygens (including phenoxy) is 1. The molecule has 0 saturated heterocycles. The molecular formula is C9H11NO2S. The van der Waals surface area contributed by atoms with Crippen LogP contribution in [0.1, 0.15) is 29.8 Å². The van der Waals surface area contributed by atoms with E-state index in [9.17, 15) is 4.79 Å². The Kier molecular flexibility index (Phi) is 2.17. The molecule has 4 heteroatoms. The van der Waals surface area contributed by atoms with Crippen LogP contribution in [0.4, 0.5) is 0 Å². The largest absolute Gasteiger partial charge is 0.370 e. The van der Waals surface area contributed by atoms with E-state index in [-0.39, 0.29) is 5.78 Å². The van der Waals surface area contributed by atoms with Crippen molar-refractivity contribution < 1.29 is 9.53 Å². The van der Waals surface area contributed by atoms with E-state index in [2.05, 4.69) is 4.37 Å². The van der Waals surface area contributed by atoms with E-state index in [0.717, 1.165) is 19.3 Å². The van der Waals surface area contributed by atoms with E-state index in [1.54, 1.807) is 13.2 Å². The molecule has 0 aliphatic heterocycles. The topological polar surface area (TPSA) is 39.2 Å². The van der Waals surface area contributed by atoms with E-state index in [1.807, 2.05) is 5.38 Å². The number of hydrogen-bond donors (Lipinski definition) is 0. The molecule has 0 N–H and O–H groups in total. The van der Waals surface area contributed by atoms with Crippen molar-refractivity contribution in [3.05, 3.63) is 17.1 Å². The lowest BCUT2D eigenvalue weighted by molar-refractivity contribution is -0.0450. The second kappa shape index (κ2) is 3.20. The third-order valence-electron chi connectivity index (χ3n) is 2.64. The van der Waals surface area contributed by atoms with Gasteiger partial charge in [0.05, 0.1) is 0 Å². The molecule has 0 aromatic carbocycles. The van der Waals surface area contributed by atoms with Gasteiger partial charge in [0.1, 0.15) is 11.3 Å². The van der Waals surface area contributed by atoms with Crippen LogP contribution in [0.2, 0.25) is 0 Å². The average Bonchev–Trinajstić information content (AvgIpc) is 2.54. The van der Waals surface area contributed by atoms with Crippen LogP contribution in [-0.4, -0.2) is 22.9 Å². The maximum absolute atomic E-state index is 11.9. The molecule has 13 heavy (non-hydrogen) atoms. The second-order valence-electron chi connectivity index (χ2n) is 3.27. The van der Waals surface area contributed by atoms with Gasteiger partial charge in [-0.05, 0) is 36.9 Å². The minimum Gasteiger partial charge on any atom is -0.370 e. The molecular weight excluding hydrogens is 186 g/mol. The summed E-state index contributed by atoms with van der Waals surface area (Å²) in [5.41, 5.74) is 0.000185. The quantitative estimate of drug-likeness (QED) is 0.695. The predicted octanol–water partition coefficient (Wildman–Crippen LogP) is 1.89. The molecule has 2 rings (SSSR count). The number of hydrogen-bond acceptors (Lipinski definition) is 4. The highest BCUT2D eigenvalue weighted by atomic mass is 32.1. The number of ketones is 1. The van der Waals surface area contributed by atoms with Gasteiger partial charge in [-0.3, -0.25) is 4.79 Å². The Bertz CT molecular complexity index is 298. The van der Waals surface area contributed by atoms with Gasteiger partial charge in [-0.25, -0.2) is 0 Å². The summed E-state index contributed by atoms with van der Waals surface area (Å²) in [6.45, 7) is 0. The summed E-state index contributed by atoms with van der Waals surface area (Å²) in [6, 6.07) is 1.76. The molecule has 1 aromatic rings. The number of carbonyl (C=O) groups is 1. The predicted molar refractivity (Wildman–Crippen MR) is 50.0 cm³/mol. The first-order valence-corrected chi connectivity index (χ1v) is 5.12. The second-order valence-corrected chi connectivity index (χ2v) is 3.93. The van der Waals surface area contributed by atoms with Crippen LogP contribution in [-0.2, 0) is 4.74 Å².